The van der Waals surface area contributed by atoms with Crippen molar-refractivity contribution in [3.05, 3.63) is 29.8 Å². The fraction of sp³-hybridized carbons (Fsp3) is 0.222. The topological polar surface area (TPSA) is 44.0 Å². The van der Waals surface area contributed by atoms with Gasteiger partial charge >= 0.3 is 0 Å². The fourth-order valence-corrected chi connectivity index (χ4v) is 1.94. The molecule has 0 radical (unpaired) electrons. The Hall–Kier alpha value is -1.11. The fourth-order valence-electron chi connectivity index (χ4n) is 0.953. The molecule has 1 N–H and O–H groups in total. The minimum atomic E-state index is -2.18. The highest BCUT2D eigenvalue weighted by Gasteiger charge is 2.19. The molecule has 0 heterocycles. The highest BCUT2D eigenvalue weighted by Crippen LogP contribution is 2.00. The number of hydrogen-bond acceptors (Lipinski definition) is 2. The third-order valence-corrected chi connectivity index (χ3v) is 3.47. The first-order chi connectivity index (χ1) is 5.54. The van der Waals surface area contributed by atoms with Crippen LogP contribution in [-0.2, 0) is 0 Å². The Balaban J connectivity index is 3.02. The molecule has 2 nitrogen and oxygen atoms in total. The van der Waals surface area contributed by atoms with E-state index in [1.54, 1.807) is 12.1 Å². The second-order valence-corrected chi connectivity index (χ2v) is 6.94. The quantitative estimate of drug-likeness (QED) is 0.649. The summed E-state index contributed by atoms with van der Waals surface area (Å²) in [6, 6.07) is 9.16. The molecule has 0 bridgehead atoms. The molecule has 1 rings (SSSR count). The van der Waals surface area contributed by atoms with Gasteiger partial charge in [0.1, 0.15) is 0 Å². The van der Waals surface area contributed by atoms with Crippen LogP contribution >= 0.6 is 0 Å². The summed E-state index contributed by atoms with van der Waals surface area (Å²) in [4.78, 5) is 9.71. The zero-order chi connectivity index (χ0) is 9.19. The molecular weight excluding hydrogens is 166 g/mol. The van der Waals surface area contributed by atoms with Crippen molar-refractivity contribution in [3.8, 4) is 6.07 Å². The first-order valence-electron chi connectivity index (χ1n) is 3.77. The molecule has 0 fully saturated rings. The Kier molecular flexibility index (Phi) is 2.31. The summed E-state index contributed by atoms with van der Waals surface area (Å²) in [6.45, 7) is 3.71. The molecule has 0 aromatic heterocycles. The first kappa shape index (κ1) is 8.98. The molecule has 0 aliphatic rings. The Morgan fingerprint density at radius 3 is 2.08 bits per heavy atom. The van der Waals surface area contributed by atoms with Crippen molar-refractivity contribution in [3.63, 3.8) is 0 Å². The molecule has 1 aromatic carbocycles. The van der Waals surface area contributed by atoms with Gasteiger partial charge in [0, 0.05) is 0 Å². The number of hydrogen-bond donors (Lipinski definition) is 1. The highest BCUT2D eigenvalue weighted by molar-refractivity contribution is 6.83. The van der Waals surface area contributed by atoms with E-state index in [-0.39, 0.29) is 0 Å². The van der Waals surface area contributed by atoms with Gasteiger partial charge in [-0.05, 0) is 30.4 Å². The Bertz CT molecular complexity index is 305. The van der Waals surface area contributed by atoms with Gasteiger partial charge in [-0.2, -0.15) is 5.26 Å². The van der Waals surface area contributed by atoms with E-state index in [4.69, 9.17) is 5.26 Å². The van der Waals surface area contributed by atoms with Gasteiger partial charge in [-0.1, -0.05) is 12.1 Å². The van der Waals surface area contributed by atoms with E-state index in [1.807, 2.05) is 31.3 Å². The second kappa shape index (κ2) is 3.09. The molecule has 0 saturated heterocycles. The smallest absolute Gasteiger partial charge is 0.213 e. The number of nitriles is 1. The SMILES string of the molecule is C[Si](C)(O)c1ccc(C#N)cc1. The number of nitrogens with zero attached hydrogens (tertiary/aromatic N) is 1. The van der Waals surface area contributed by atoms with Gasteiger partial charge in [0.2, 0.25) is 8.32 Å². The van der Waals surface area contributed by atoms with Crippen LogP contribution in [0.25, 0.3) is 0 Å². The van der Waals surface area contributed by atoms with E-state index in [1.165, 1.54) is 0 Å². The summed E-state index contributed by atoms with van der Waals surface area (Å²) in [5.41, 5.74) is 0.636. The molecule has 12 heavy (non-hydrogen) atoms. The average Bonchev–Trinajstić information content (AvgIpc) is 2.03. The van der Waals surface area contributed by atoms with E-state index in [2.05, 4.69) is 0 Å². The number of rotatable bonds is 1. The van der Waals surface area contributed by atoms with Crippen LogP contribution in [0.5, 0.6) is 0 Å². The van der Waals surface area contributed by atoms with Crippen LogP contribution in [0.1, 0.15) is 5.56 Å². The minimum absolute atomic E-state index is 0.636. The summed E-state index contributed by atoms with van der Waals surface area (Å²) in [5.74, 6) is 0. The van der Waals surface area contributed by atoms with Crippen molar-refractivity contribution < 1.29 is 4.80 Å². The lowest BCUT2D eigenvalue weighted by atomic mass is 10.2. The van der Waals surface area contributed by atoms with Crippen molar-refractivity contribution in [2.24, 2.45) is 0 Å². The standard InChI is InChI=1S/C9H11NOSi/c1-12(2,11)9-5-3-8(7-10)4-6-9/h3-6,11H,1-2H3. The summed E-state index contributed by atoms with van der Waals surface area (Å²) in [5, 5.41) is 9.49. The van der Waals surface area contributed by atoms with Crippen LogP contribution in [0.2, 0.25) is 13.1 Å². The predicted octanol–water partition coefficient (Wildman–Crippen LogP) is 0.963. The van der Waals surface area contributed by atoms with Gasteiger partial charge in [0.25, 0.3) is 0 Å². The van der Waals surface area contributed by atoms with Crippen LogP contribution in [0, 0.1) is 11.3 Å². The van der Waals surface area contributed by atoms with Crippen LogP contribution in [0.3, 0.4) is 0 Å². The van der Waals surface area contributed by atoms with Gasteiger partial charge < -0.3 is 4.80 Å². The maximum absolute atomic E-state index is 9.71. The Labute approximate surface area is 73.2 Å². The molecule has 0 atom stereocenters. The molecule has 0 aliphatic carbocycles. The highest BCUT2D eigenvalue weighted by atomic mass is 28.4. The van der Waals surface area contributed by atoms with Gasteiger partial charge in [0.05, 0.1) is 11.6 Å². The summed E-state index contributed by atoms with van der Waals surface area (Å²) >= 11 is 0. The lowest BCUT2D eigenvalue weighted by Gasteiger charge is -2.13. The Morgan fingerprint density at radius 2 is 1.75 bits per heavy atom. The molecule has 62 valence electrons. The Morgan fingerprint density at radius 1 is 1.25 bits per heavy atom. The minimum Gasteiger partial charge on any atom is -0.428 e. The zero-order valence-electron chi connectivity index (χ0n) is 7.20. The molecule has 0 saturated carbocycles. The largest absolute Gasteiger partial charge is 0.428 e. The van der Waals surface area contributed by atoms with Gasteiger partial charge in [-0.3, -0.25) is 0 Å². The van der Waals surface area contributed by atoms with Crippen molar-refractivity contribution in [1.29, 1.82) is 5.26 Å². The normalized spacial score (nSPS) is 10.8. The maximum atomic E-state index is 9.71. The van der Waals surface area contributed by atoms with E-state index >= 15 is 0 Å². The summed E-state index contributed by atoms with van der Waals surface area (Å²) in [7, 11) is -2.18. The lowest BCUT2D eigenvalue weighted by Crippen LogP contribution is -2.41. The molecule has 0 aliphatic heterocycles. The maximum Gasteiger partial charge on any atom is 0.213 e. The average molecular weight is 177 g/mol. The molecule has 0 unspecified atom stereocenters. The van der Waals surface area contributed by atoms with Crippen LogP contribution < -0.4 is 5.19 Å². The first-order valence-corrected chi connectivity index (χ1v) is 6.72. The van der Waals surface area contributed by atoms with E-state index in [0.717, 1.165) is 5.19 Å². The van der Waals surface area contributed by atoms with Crippen LogP contribution in [-0.4, -0.2) is 13.1 Å². The van der Waals surface area contributed by atoms with Crippen molar-refractivity contribution in [2.75, 3.05) is 0 Å². The van der Waals surface area contributed by atoms with E-state index in [9.17, 15) is 4.80 Å². The number of benzene rings is 1. The molecule has 0 amide bonds. The van der Waals surface area contributed by atoms with E-state index < -0.39 is 8.32 Å². The third kappa shape index (κ3) is 1.94. The van der Waals surface area contributed by atoms with Crippen LogP contribution in [0.4, 0.5) is 0 Å². The van der Waals surface area contributed by atoms with Crippen molar-refractivity contribution in [2.45, 2.75) is 13.1 Å². The van der Waals surface area contributed by atoms with Gasteiger partial charge in [0.15, 0.2) is 0 Å². The monoisotopic (exact) mass is 177 g/mol. The lowest BCUT2D eigenvalue weighted by molar-refractivity contribution is 0.568. The molecular formula is C9H11NOSi. The predicted molar refractivity (Wildman–Crippen MR) is 50.5 cm³/mol. The van der Waals surface area contributed by atoms with Crippen molar-refractivity contribution in [1.82, 2.24) is 0 Å². The molecule has 0 spiro atoms. The zero-order valence-corrected chi connectivity index (χ0v) is 8.20. The van der Waals surface area contributed by atoms with Crippen LogP contribution in [0.15, 0.2) is 24.3 Å². The molecule has 1 aromatic rings. The second-order valence-electron chi connectivity index (χ2n) is 3.25. The summed E-state index contributed by atoms with van der Waals surface area (Å²) < 4.78 is 0. The third-order valence-electron chi connectivity index (χ3n) is 1.72. The van der Waals surface area contributed by atoms with Gasteiger partial charge in [-0.25, -0.2) is 0 Å². The molecule has 3 heteroatoms. The van der Waals surface area contributed by atoms with Gasteiger partial charge in [-0.15, -0.1) is 0 Å². The summed E-state index contributed by atoms with van der Waals surface area (Å²) in [6.07, 6.45) is 0. The van der Waals surface area contributed by atoms with E-state index in [0.29, 0.717) is 5.56 Å². The van der Waals surface area contributed by atoms with Crippen molar-refractivity contribution >= 4 is 13.5 Å².